The van der Waals surface area contributed by atoms with Crippen molar-refractivity contribution in [1.29, 1.82) is 0 Å². The Morgan fingerprint density at radius 3 is 2.80 bits per heavy atom. The van der Waals surface area contributed by atoms with Crippen molar-refractivity contribution in [2.75, 3.05) is 7.11 Å². The van der Waals surface area contributed by atoms with Crippen LogP contribution in [0.4, 0.5) is 0 Å². The number of furan rings is 1. The summed E-state index contributed by atoms with van der Waals surface area (Å²) < 4.78 is 9.87. The molecule has 0 spiro atoms. The summed E-state index contributed by atoms with van der Waals surface area (Å²) in [4.78, 5) is 11.4. The topological polar surface area (TPSA) is 51.5 Å². The summed E-state index contributed by atoms with van der Waals surface area (Å²) in [5, 5.41) is 3.10. The molecule has 0 radical (unpaired) electrons. The lowest BCUT2D eigenvalue weighted by Gasteiger charge is -2.18. The van der Waals surface area contributed by atoms with Gasteiger partial charge < -0.3 is 9.15 Å². The number of hydrogen-bond acceptors (Lipinski definition) is 4. The molecule has 4 heteroatoms. The number of rotatable bonds is 5. The number of hydrogen-bond donors (Lipinski definition) is 1. The molecular weight excluding hydrogens is 194 g/mol. The van der Waals surface area contributed by atoms with Crippen LogP contribution < -0.4 is 5.32 Å². The van der Waals surface area contributed by atoms with E-state index in [0.29, 0.717) is 6.54 Å². The second-order valence-electron chi connectivity index (χ2n) is 3.71. The van der Waals surface area contributed by atoms with Gasteiger partial charge in [0.25, 0.3) is 0 Å². The second-order valence-corrected chi connectivity index (χ2v) is 3.71. The van der Waals surface area contributed by atoms with Crippen molar-refractivity contribution in [3.8, 4) is 0 Å². The molecule has 0 aliphatic carbocycles. The van der Waals surface area contributed by atoms with Gasteiger partial charge in [-0.2, -0.15) is 0 Å². The molecule has 1 aromatic rings. The van der Waals surface area contributed by atoms with Crippen LogP contribution in [0.3, 0.4) is 0 Å². The van der Waals surface area contributed by atoms with Crippen molar-refractivity contribution in [2.24, 2.45) is 5.92 Å². The summed E-state index contributed by atoms with van der Waals surface area (Å²) in [5.41, 5.74) is 0. The summed E-state index contributed by atoms with van der Waals surface area (Å²) in [6.45, 7) is 4.47. The maximum atomic E-state index is 11.4. The highest BCUT2D eigenvalue weighted by atomic mass is 16.5. The first-order chi connectivity index (χ1) is 7.15. The van der Waals surface area contributed by atoms with E-state index < -0.39 is 0 Å². The highest BCUT2D eigenvalue weighted by molar-refractivity contribution is 5.75. The van der Waals surface area contributed by atoms with Crippen LogP contribution in [-0.2, 0) is 16.1 Å². The molecule has 1 N–H and O–H groups in total. The maximum absolute atomic E-state index is 11.4. The van der Waals surface area contributed by atoms with Crippen molar-refractivity contribution in [3.05, 3.63) is 24.2 Å². The molecule has 15 heavy (non-hydrogen) atoms. The summed E-state index contributed by atoms with van der Waals surface area (Å²) >= 11 is 0. The number of ether oxygens (including phenoxy) is 1. The Hall–Kier alpha value is -1.29. The Labute approximate surface area is 89.6 Å². The quantitative estimate of drug-likeness (QED) is 0.751. The maximum Gasteiger partial charge on any atom is 0.323 e. The Kier molecular flexibility index (Phi) is 4.37. The monoisotopic (exact) mass is 211 g/mol. The van der Waals surface area contributed by atoms with Crippen molar-refractivity contribution < 1.29 is 13.9 Å². The van der Waals surface area contributed by atoms with Gasteiger partial charge in [-0.05, 0) is 18.1 Å². The lowest BCUT2D eigenvalue weighted by atomic mass is 10.0. The molecule has 0 saturated heterocycles. The summed E-state index contributed by atoms with van der Waals surface area (Å²) in [5.74, 6) is 0.758. The van der Waals surface area contributed by atoms with Gasteiger partial charge in [0.15, 0.2) is 0 Å². The average molecular weight is 211 g/mol. The molecule has 0 saturated carbocycles. The number of methoxy groups -OCH3 is 1. The van der Waals surface area contributed by atoms with E-state index in [1.165, 1.54) is 7.11 Å². The molecule has 4 nitrogen and oxygen atoms in total. The highest BCUT2D eigenvalue weighted by Crippen LogP contribution is 2.06. The van der Waals surface area contributed by atoms with E-state index >= 15 is 0 Å². The van der Waals surface area contributed by atoms with Crippen molar-refractivity contribution in [2.45, 2.75) is 26.4 Å². The van der Waals surface area contributed by atoms with Crippen LogP contribution in [0, 0.1) is 5.92 Å². The first-order valence-electron chi connectivity index (χ1n) is 4.98. The molecule has 1 atom stereocenters. The van der Waals surface area contributed by atoms with Crippen LogP contribution in [0.15, 0.2) is 22.8 Å². The predicted octanol–water partition coefficient (Wildman–Crippen LogP) is 1.57. The third-order valence-corrected chi connectivity index (χ3v) is 2.20. The lowest BCUT2D eigenvalue weighted by molar-refractivity contribution is -0.144. The SMILES string of the molecule is COC(=O)C(NCc1ccco1)C(C)C. The Morgan fingerprint density at radius 1 is 1.60 bits per heavy atom. The van der Waals surface area contributed by atoms with Crippen LogP contribution in [0.2, 0.25) is 0 Å². The molecule has 0 bridgehead atoms. The molecule has 1 heterocycles. The minimum atomic E-state index is -0.292. The molecule has 0 aromatic carbocycles. The van der Waals surface area contributed by atoms with Gasteiger partial charge >= 0.3 is 5.97 Å². The van der Waals surface area contributed by atoms with E-state index in [0.717, 1.165) is 5.76 Å². The first kappa shape index (κ1) is 11.8. The fraction of sp³-hybridized carbons (Fsp3) is 0.545. The molecule has 0 amide bonds. The molecule has 84 valence electrons. The van der Waals surface area contributed by atoms with Crippen LogP contribution in [0.5, 0.6) is 0 Å². The van der Waals surface area contributed by atoms with Gasteiger partial charge in [-0.3, -0.25) is 10.1 Å². The number of carbonyl (C=O) groups excluding carboxylic acids is 1. The minimum Gasteiger partial charge on any atom is -0.468 e. The fourth-order valence-corrected chi connectivity index (χ4v) is 1.34. The third-order valence-electron chi connectivity index (χ3n) is 2.20. The summed E-state index contributed by atoms with van der Waals surface area (Å²) in [7, 11) is 1.40. The molecule has 1 unspecified atom stereocenters. The molecule has 0 fully saturated rings. The molecule has 0 aliphatic heterocycles. The molecular formula is C11H17NO3. The van der Waals surface area contributed by atoms with Gasteiger partial charge in [-0.1, -0.05) is 13.8 Å². The van der Waals surface area contributed by atoms with Crippen LogP contribution in [-0.4, -0.2) is 19.1 Å². The number of esters is 1. The normalized spacial score (nSPS) is 12.8. The van der Waals surface area contributed by atoms with Crippen molar-refractivity contribution in [1.82, 2.24) is 5.32 Å². The molecule has 1 aromatic heterocycles. The first-order valence-corrected chi connectivity index (χ1v) is 4.98. The average Bonchev–Trinajstić information content (AvgIpc) is 2.70. The van der Waals surface area contributed by atoms with E-state index in [2.05, 4.69) is 5.32 Å². The zero-order valence-corrected chi connectivity index (χ0v) is 9.32. The molecule has 1 rings (SSSR count). The van der Waals surface area contributed by atoms with E-state index in [-0.39, 0.29) is 17.9 Å². The van der Waals surface area contributed by atoms with Crippen molar-refractivity contribution in [3.63, 3.8) is 0 Å². The summed E-state index contributed by atoms with van der Waals surface area (Å²) in [6, 6.07) is 3.39. The van der Waals surface area contributed by atoms with Gasteiger partial charge in [-0.25, -0.2) is 0 Å². The molecule has 0 aliphatic rings. The van der Waals surface area contributed by atoms with Crippen LogP contribution >= 0.6 is 0 Å². The number of carbonyl (C=O) groups is 1. The Bertz CT molecular complexity index is 293. The van der Waals surface area contributed by atoms with E-state index in [9.17, 15) is 4.79 Å². The zero-order valence-electron chi connectivity index (χ0n) is 9.32. The van der Waals surface area contributed by atoms with E-state index in [1.54, 1.807) is 6.26 Å². The van der Waals surface area contributed by atoms with Gasteiger partial charge in [0.1, 0.15) is 11.8 Å². The minimum absolute atomic E-state index is 0.187. The highest BCUT2D eigenvalue weighted by Gasteiger charge is 2.22. The second kappa shape index (κ2) is 5.56. The van der Waals surface area contributed by atoms with Gasteiger partial charge in [0.2, 0.25) is 0 Å². The standard InChI is InChI=1S/C11H17NO3/c1-8(2)10(11(13)14-3)12-7-9-5-4-6-15-9/h4-6,8,10,12H,7H2,1-3H3. The smallest absolute Gasteiger partial charge is 0.323 e. The summed E-state index contributed by atoms with van der Waals surface area (Å²) in [6.07, 6.45) is 1.61. The Balaban J connectivity index is 2.49. The third kappa shape index (κ3) is 3.40. The lowest BCUT2D eigenvalue weighted by Crippen LogP contribution is -2.41. The van der Waals surface area contributed by atoms with Crippen LogP contribution in [0.1, 0.15) is 19.6 Å². The largest absolute Gasteiger partial charge is 0.468 e. The predicted molar refractivity (Wildman–Crippen MR) is 56.2 cm³/mol. The van der Waals surface area contributed by atoms with Gasteiger partial charge in [-0.15, -0.1) is 0 Å². The van der Waals surface area contributed by atoms with E-state index in [4.69, 9.17) is 9.15 Å². The Morgan fingerprint density at radius 2 is 2.33 bits per heavy atom. The number of nitrogens with one attached hydrogen (secondary N) is 1. The van der Waals surface area contributed by atoms with Crippen LogP contribution in [0.25, 0.3) is 0 Å². The zero-order chi connectivity index (χ0) is 11.3. The van der Waals surface area contributed by atoms with Crippen molar-refractivity contribution >= 4 is 5.97 Å². The van der Waals surface area contributed by atoms with E-state index in [1.807, 2.05) is 26.0 Å². The van der Waals surface area contributed by atoms with Gasteiger partial charge in [0, 0.05) is 0 Å². The van der Waals surface area contributed by atoms with Gasteiger partial charge in [0.05, 0.1) is 19.9 Å². The fourth-order valence-electron chi connectivity index (χ4n) is 1.34.